The van der Waals surface area contributed by atoms with E-state index >= 15 is 0 Å². The Hall–Kier alpha value is -0.450. The van der Waals surface area contributed by atoms with Crippen molar-refractivity contribution < 1.29 is 0 Å². The van der Waals surface area contributed by atoms with E-state index in [2.05, 4.69) is 48.4 Å². The van der Waals surface area contributed by atoms with Crippen LogP contribution in [-0.4, -0.2) is 35.6 Å². The van der Waals surface area contributed by atoms with E-state index in [1.807, 2.05) is 5.51 Å². The number of hydrogen-bond acceptors (Lipinski definition) is 4. The van der Waals surface area contributed by atoms with Gasteiger partial charge in [-0.2, -0.15) is 0 Å². The summed E-state index contributed by atoms with van der Waals surface area (Å²) in [6.07, 6.45) is 2.41. The number of rotatable bonds is 8. The van der Waals surface area contributed by atoms with Crippen molar-refractivity contribution in [3.63, 3.8) is 0 Å². The first-order chi connectivity index (χ1) is 8.17. The molecule has 3 nitrogen and oxygen atoms in total. The Bertz CT molecular complexity index is 283. The van der Waals surface area contributed by atoms with Crippen LogP contribution in [0.4, 0.5) is 0 Å². The van der Waals surface area contributed by atoms with Crippen molar-refractivity contribution in [2.45, 2.75) is 52.2 Å². The Morgan fingerprint density at radius 3 is 2.65 bits per heavy atom. The molecule has 1 N–H and O–H groups in total. The lowest BCUT2D eigenvalue weighted by Gasteiger charge is -2.26. The third-order valence-electron chi connectivity index (χ3n) is 3.33. The molecule has 0 spiro atoms. The summed E-state index contributed by atoms with van der Waals surface area (Å²) in [6.45, 7) is 8.74. The number of nitrogens with one attached hydrogen (secondary N) is 1. The Morgan fingerprint density at radius 2 is 2.12 bits per heavy atom. The molecule has 0 aliphatic heterocycles. The fourth-order valence-corrected chi connectivity index (χ4v) is 2.35. The third kappa shape index (κ3) is 5.15. The number of thiazole rings is 1. The number of likely N-dealkylation sites (N-methyl/N-ethyl adjacent to an activating group) is 1. The van der Waals surface area contributed by atoms with Crippen LogP contribution in [0.1, 0.15) is 39.3 Å². The van der Waals surface area contributed by atoms with Crippen LogP contribution in [-0.2, 0) is 6.54 Å². The zero-order valence-electron chi connectivity index (χ0n) is 11.4. The van der Waals surface area contributed by atoms with Gasteiger partial charge in [0.15, 0.2) is 0 Å². The molecule has 1 atom stereocenters. The van der Waals surface area contributed by atoms with Crippen LogP contribution >= 0.6 is 11.3 Å². The summed E-state index contributed by atoms with van der Waals surface area (Å²) >= 11 is 1.67. The molecule has 0 aromatic carbocycles. The molecule has 0 aliphatic carbocycles. The van der Waals surface area contributed by atoms with Gasteiger partial charge in [-0.3, -0.25) is 4.90 Å². The van der Waals surface area contributed by atoms with Gasteiger partial charge in [0.1, 0.15) is 0 Å². The molecule has 98 valence electrons. The SMILES string of the molecule is CCC(CC)NCC(C)N(C)Cc1cscn1. The van der Waals surface area contributed by atoms with Gasteiger partial charge in [-0.05, 0) is 26.8 Å². The maximum Gasteiger partial charge on any atom is 0.0795 e. The van der Waals surface area contributed by atoms with E-state index in [1.165, 1.54) is 18.5 Å². The van der Waals surface area contributed by atoms with Gasteiger partial charge in [0.25, 0.3) is 0 Å². The topological polar surface area (TPSA) is 28.2 Å². The van der Waals surface area contributed by atoms with Gasteiger partial charge in [0.05, 0.1) is 11.2 Å². The first-order valence-electron chi connectivity index (χ1n) is 6.48. The minimum Gasteiger partial charge on any atom is -0.312 e. The second-order valence-corrected chi connectivity index (χ2v) is 5.38. The molecule has 4 heteroatoms. The van der Waals surface area contributed by atoms with Crippen LogP contribution in [0.5, 0.6) is 0 Å². The summed E-state index contributed by atoms with van der Waals surface area (Å²) in [4.78, 5) is 6.67. The normalized spacial score (nSPS) is 13.5. The fourth-order valence-electron chi connectivity index (χ4n) is 1.80. The van der Waals surface area contributed by atoms with Crippen LogP contribution in [0.3, 0.4) is 0 Å². The second-order valence-electron chi connectivity index (χ2n) is 4.67. The lowest BCUT2D eigenvalue weighted by molar-refractivity contribution is 0.233. The van der Waals surface area contributed by atoms with E-state index in [9.17, 15) is 0 Å². The minimum absolute atomic E-state index is 0.539. The molecule has 0 aliphatic rings. The van der Waals surface area contributed by atoms with Gasteiger partial charge < -0.3 is 5.32 Å². The van der Waals surface area contributed by atoms with Crippen molar-refractivity contribution in [2.24, 2.45) is 0 Å². The summed E-state index contributed by atoms with van der Waals surface area (Å²) in [6, 6.07) is 1.20. The fraction of sp³-hybridized carbons (Fsp3) is 0.769. The van der Waals surface area contributed by atoms with Crippen LogP contribution in [0, 0.1) is 0 Å². The maximum atomic E-state index is 4.32. The van der Waals surface area contributed by atoms with Crippen molar-refractivity contribution >= 4 is 11.3 Å². The van der Waals surface area contributed by atoms with Gasteiger partial charge in [0.2, 0.25) is 0 Å². The Balaban J connectivity index is 2.29. The summed E-state index contributed by atoms with van der Waals surface area (Å²) < 4.78 is 0. The van der Waals surface area contributed by atoms with E-state index in [0.717, 1.165) is 13.1 Å². The first kappa shape index (κ1) is 14.6. The Labute approximate surface area is 109 Å². The van der Waals surface area contributed by atoms with Crippen molar-refractivity contribution in [1.29, 1.82) is 0 Å². The highest BCUT2D eigenvalue weighted by molar-refractivity contribution is 7.07. The van der Waals surface area contributed by atoms with E-state index in [4.69, 9.17) is 0 Å². The Kier molecular flexibility index (Phi) is 6.70. The molecule has 0 fully saturated rings. The average molecular weight is 255 g/mol. The monoisotopic (exact) mass is 255 g/mol. The predicted octanol–water partition coefficient (Wildman–Crippen LogP) is 2.74. The molecule has 1 unspecified atom stereocenters. The van der Waals surface area contributed by atoms with E-state index < -0.39 is 0 Å². The highest BCUT2D eigenvalue weighted by atomic mass is 32.1. The van der Waals surface area contributed by atoms with E-state index in [1.54, 1.807) is 11.3 Å². The zero-order valence-corrected chi connectivity index (χ0v) is 12.3. The van der Waals surface area contributed by atoms with Crippen molar-refractivity contribution in [3.8, 4) is 0 Å². The summed E-state index contributed by atoms with van der Waals surface area (Å²) in [5.41, 5.74) is 3.07. The van der Waals surface area contributed by atoms with Crippen LogP contribution in [0.15, 0.2) is 10.9 Å². The van der Waals surface area contributed by atoms with E-state index in [0.29, 0.717) is 12.1 Å². The van der Waals surface area contributed by atoms with Gasteiger partial charge in [-0.15, -0.1) is 11.3 Å². The molecular weight excluding hydrogens is 230 g/mol. The quantitative estimate of drug-likeness (QED) is 0.774. The smallest absolute Gasteiger partial charge is 0.0795 e. The van der Waals surface area contributed by atoms with Gasteiger partial charge in [-0.1, -0.05) is 13.8 Å². The van der Waals surface area contributed by atoms with Crippen molar-refractivity contribution in [3.05, 3.63) is 16.6 Å². The summed E-state index contributed by atoms with van der Waals surface area (Å²) in [5.74, 6) is 0. The largest absolute Gasteiger partial charge is 0.312 e. The molecule has 1 heterocycles. The molecule has 0 amide bonds. The molecule has 0 saturated heterocycles. The predicted molar refractivity (Wildman–Crippen MR) is 75.4 cm³/mol. The van der Waals surface area contributed by atoms with E-state index in [-0.39, 0.29) is 0 Å². The molecule has 0 saturated carbocycles. The number of hydrogen-bond donors (Lipinski definition) is 1. The molecule has 1 aromatic heterocycles. The molecule has 1 aromatic rings. The van der Waals surface area contributed by atoms with Crippen LogP contribution in [0.2, 0.25) is 0 Å². The number of nitrogens with zero attached hydrogens (tertiary/aromatic N) is 2. The molecule has 0 bridgehead atoms. The highest BCUT2D eigenvalue weighted by Crippen LogP contribution is 2.07. The summed E-state index contributed by atoms with van der Waals surface area (Å²) in [7, 11) is 2.17. The second kappa shape index (κ2) is 7.80. The molecule has 17 heavy (non-hydrogen) atoms. The van der Waals surface area contributed by atoms with Gasteiger partial charge in [-0.25, -0.2) is 4.98 Å². The van der Waals surface area contributed by atoms with Crippen LogP contribution in [0.25, 0.3) is 0 Å². The van der Waals surface area contributed by atoms with Gasteiger partial charge >= 0.3 is 0 Å². The highest BCUT2D eigenvalue weighted by Gasteiger charge is 2.12. The van der Waals surface area contributed by atoms with Gasteiger partial charge in [0, 0.05) is 30.6 Å². The lowest BCUT2D eigenvalue weighted by atomic mass is 10.1. The summed E-state index contributed by atoms with van der Waals surface area (Å²) in [5, 5.41) is 5.74. The molecule has 0 radical (unpaired) electrons. The Morgan fingerprint density at radius 1 is 1.41 bits per heavy atom. The first-order valence-corrected chi connectivity index (χ1v) is 7.42. The van der Waals surface area contributed by atoms with Crippen molar-refractivity contribution in [2.75, 3.05) is 13.6 Å². The standard InChI is InChI=1S/C13H25N3S/c1-5-12(6-2)14-7-11(3)16(4)8-13-9-17-10-15-13/h9-12,14H,5-8H2,1-4H3. The number of aromatic nitrogens is 1. The minimum atomic E-state index is 0.539. The van der Waals surface area contributed by atoms with Crippen molar-refractivity contribution in [1.82, 2.24) is 15.2 Å². The lowest BCUT2D eigenvalue weighted by Crippen LogP contribution is -2.41. The maximum absolute atomic E-state index is 4.32. The third-order valence-corrected chi connectivity index (χ3v) is 3.97. The van der Waals surface area contributed by atoms with Crippen LogP contribution < -0.4 is 5.32 Å². The molecule has 1 rings (SSSR count). The molecular formula is C13H25N3S. The average Bonchev–Trinajstić information content (AvgIpc) is 2.82. The zero-order chi connectivity index (χ0) is 12.7.